The molecule has 4 heteroatoms. The van der Waals surface area contributed by atoms with Gasteiger partial charge in [-0.1, -0.05) is 6.07 Å². The zero-order valence-electron chi connectivity index (χ0n) is 5.41. The van der Waals surface area contributed by atoms with Crippen LogP contribution in [0.1, 0.15) is 4.88 Å². The summed E-state index contributed by atoms with van der Waals surface area (Å²) in [6.07, 6.45) is 0.150. The van der Waals surface area contributed by atoms with Crippen LogP contribution in [-0.2, 0) is 38.9 Å². The Bertz CT molecular complexity index is 196. The molecule has 0 radical (unpaired) electrons. The van der Waals surface area contributed by atoms with Crippen molar-refractivity contribution in [2.45, 2.75) is 6.42 Å². The third-order valence-corrected chi connectivity index (χ3v) is 1.78. The molecule has 50 valence electrons. The average Bonchev–Trinajstić information content (AvgIpc) is 2.15. The van der Waals surface area contributed by atoms with Crippen molar-refractivity contribution in [2.24, 2.45) is 0 Å². The molecule has 0 aromatic carbocycles. The van der Waals surface area contributed by atoms with Crippen LogP contribution in [0.5, 0.6) is 0 Å². The predicted molar refractivity (Wildman–Crippen MR) is 35.7 cm³/mol. The van der Waals surface area contributed by atoms with Crippen molar-refractivity contribution < 1.29 is 37.6 Å². The minimum Gasteiger partial charge on any atom is -0.481 e. The molecule has 0 aliphatic carbocycles. The van der Waals surface area contributed by atoms with Crippen molar-refractivity contribution in [2.75, 3.05) is 0 Å². The van der Waals surface area contributed by atoms with Gasteiger partial charge in [0.05, 0.1) is 6.42 Å². The fourth-order valence-corrected chi connectivity index (χ4v) is 1.26. The van der Waals surface area contributed by atoms with E-state index in [-0.39, 0.29) is 34.1 Å². The molecular weight excluding hydrogens is 337 g/mol. The summed E-state index contributed by atoms with van der Waals surface area (Å²) in [5.74, 6) is -0.766. The van der Waals surface area contributed by atoms with Crippen LogP contribution in [0.3, 0.4) is 0 Å². The van der Waals surface area contributed by atoms with E-state index in [1.54, 1.807) is 0 Å². The number of rotatable bonds is 2. The van der Waals surface area contributed by atoms with Crippen molar-refractivity contribution in [3.05, 3.63) is 22.4 Å². The van der Waals surface area contributed by atoms with E-state index in [9.17, 15) is 4.79 Å². The summed E-state index contributed by atoms with van der Waals surface area (Å²) in [5.41, 5.74) is 0. The molecule has 0 unspecified atom stereocenters. The standard InChI is InChI=1S/C6H6O2S.Hg/c7-6(8)4-5-2-1-3-9-5;/h1-3H,4H2,(H,7,8);. The molecule has 0 amide bonds. The first-order chi connectivity index (χ1) is 4.29. The minimum atomic E-state index is -0.766. The van der Waals surface area contributed by atoms with Gasteiger partial charge in [-0.05, 0) is 11.4 Å². The number of aliphatic carboxylic acids is 1. The fraction of sp³-hybridized carbons (Fsp3) is 0.167. The zero-order valence-corrected chi connectivity index (χ0v) is 11.7. The molecule has 0 bridgehead atoms. The molecule has 1 aromatic heterocycles. The second-order valence-electron chi connectivity index (χ2n) is 1.65. The number of thiophene rings is 1. The largest absolute Gasteiger partial charge is 0.481 e. The Hall–Kier alpha value is 0.105. The number of carboxylic acids is 1. The summed E-state index contributed by atoms with van der Waals surface area (Å²) in [6, 6.07) is 3.67. The van der Waals surface area contributed by atoms with Crippen LogP contribution in [0.2, 0.25) is 0 Å². The minimum absolute atomic E-state index is 0. The molecule has 1 heterocycles. The monoisotopic (exact) mass is 344 g/mol. The summed E-state index contributed by atoms with van der Waals surface area (Å²) in [7, 11) is 0. The van der Waals surface area contributed by atoms with Gasteiger partial charge in [0.15, 0.2) is 0 Å². The Kier molecular flexibility index (Phi) is 4.90. The van der Waals surface area contributed by atoms with Crippen LogP contribution in [0.4, 0.5) is 0 Å². The van der Waals surface area contributed by atoms with Crippen LogP contribution in [0, 0.1) is 0 Å². The van der Waals surface area contributed by atoms with Crippen LogP contribution >= 0.6 is 11.3 Å². The van der Waals surface area contributed by atoms with Crippen molar-refractivity contribution in [1.29, 1.82) is 0 Å². The Balaban J connectivity index is 0.000000810. The fourth-order valence-electron chi connectivity index (χ4n) is 0.562. The molecule has 2 nitrogen and oxygen atoms in total. The average molecular weight is 343 g/mol. The maximum atomic E-state index is 10.1. The van der Waals surface area contributed by atoms with E-state index >= 15 is 0 Å². The van der Waals surface area contributed by atoms with Crippen molar-refractivity contribution in [1.82, 2.24) is 0 Å². The van der Waals surface area contributed by atoms with Gasteiger partial charge in [0.25, 0.3) is 0 Å². The second kappa shape index (κ2) is 4.85. The van der Waals surface area contributed by atoms with E-state index in [0.29, 0.717) is 0 Å². The van der Waals surface area contributed by atoms with E-state index in [1.165, 1.54) is 11.3 Å². The predicted octanol–water partition coefficient (Wildman–Crippen LogP) is 1.37. The number of carbonyl (C=O) groups is 1. The van der Waals surface area contributed by atoms with Gasteiger partial charge in [-0.25, -0.2) is 0 Å². The Morgan fingerprint density at radius 3 is 2.80 bits per heavy atom. The van der Waals surface area contributed by atoms with Gasteiger partial charge in [0, 0.05) is 32.5 Å². The summed E-state index contributed by atoms with van der Waals surface area (Å²) in [5, 5.41) is 10.2. The second-order valence-corrected chi connectivity index (χ2v) is 2.68. The van der Waals surface area contributed by atoms with E-state index in [2.05, 4.69) is 0 Å². The Morgan fingerprint density at radius 2 is 2.40 bits per heavy atom. The third-order valence-electron chi connectivity index (χ3n) is 0.906. The van der Waals surface area contributed by atoms with E-state index in [4.69, 9.17) is 5.11 Å². The van der Waals surface area contributed by atoms with Crippen LogP contribution in [-0.4, -0.2) is 11.1 Å². The quantitative estimate of drug-likeness (QED) is 0.824. The number of hydrogen-bond donors (Lipinski definition) is 1. The van der Waals surface area contributed by atoms with Crippen molar-refractivity contribution in [3.63, 3.8) is 0 Å². The van der Waals surface area contributed by atoms with Crippen molar-refractivity contribution in [3.8, 4) is 0 Å². The van der Waals surface area contributed by atoms with Crippen LogP contribution in [0.15, 0.2) is 17.5 Å². The Morgan fingerprint density at radius 1 is 1.70 bits per heavy atom. The SMILES string of the molecule is O=C(O)Cc1cccs1.[Hg]. The number of hydrogen-bond acceptors (Lipinski definition) is 2. The third kappa shape index (κ3) is 3.32. The molecule has 1 aromatic rings. The van der Waals surface area contributed by atoms with Gasteiger partial charge in [-0.3, -0.25) is 4.79 Å². The van der Waals surface area contributed by atoms with Crippen LogP contribution < -0.4 is 0 Å². The first-order valence-corrected chi connectivity index (χ1v) is 3.41. The molecule has 0 saturated carbocycles. The smallest absolute Gasteiger partial charge is 0.308 e. The van der Waals surface area contributed by atoms with Crippen LogP contribution in [0.25, 0.3) is 0 Å². The van der Waals surface area contributed by atoms with E-state index in [0.717, 1.165) is 4.88 Å². The molecule has 0 saturated heterocycles. The van der Waals surface area contributed by atoms with Gasteiger partial charge in [-0.15, -0.1) is 11.3 Å². The summed E-state index contributed by atoms with van der Waals surface area (Å²) in [4.78, 5) is 11.0. The van der Waals surface area contributed by atoms with E-state index < -0.39 is 5.97 Å². The maximum Gasteiger partial charge on any atom is 0.308 e. The molecule has 0 aliphatic rings. The van der Waals surface area contributed by atoms with E-state index in [1.807, 2.05) is 17.5 Å². The topological polar surface area (TPSA) is 37.3 Å². The van der Waals surface area contributed by atoms with Gasteiger partial charge >= 0.3 is 5.97 Å². The van der Waals surface area contributed by atoms with Gasteiger partial charge < -0.3 is 5.11 Å². The molecule has 1 N–H and O–H groups in total. The summed E-state index contributed by atoms with van der Waals surface area (Å²) >= 11 is 1.47. The maximum absolute atomic E-state index is 10.1. The zero-order chi connectivity index (χ0) is 6.69. The molecular formula is C6H6HgO2S. The molecule has 0 atom stereocenters. The molecule has 0 aliphatic heterocycles. The molecule has 10 heavy (non-hydrogen) atoms. The van der Waals surface area contributed by atoms with Gasteiger partial charge in [0.2, 0.25) is 0 Å². The Labute approximate surface area is 83.4 Å². The normalized spacial score (nSPS) is 8.40. The molecule has 1 rings (SSSR count). The van der Waals surface area contributed by atoms with Crippen molar-refractivity contribution >= 4 is 17.3 Å². The molecule has 0 fully saturated rings. The first-order valence-electron chi connectivity index (χ1n) is 2.53. The van der Waals surface area contributed by atoms with Gasteiger partial charge in [0.1, 0.15) is 0 Å². The molecule has 0 spiro atoms. The number of carboxylic acid groups (broad SMARTS) is 1. The summed E-state index contributed by atoms with van der Waals surface area (Å²) < 4.78 is 0. The summed E-state index contributed by atoms with van der Waals surface area (Å²) in [6.45, 7) is 0. The van der Waals surface area contributed by atoms with Gasteiger partial charge in [-0.2, -0.15) is 0 Å². The first kappa shape index (κ1) is 10.1.